The second kappa shape index (κ2) is 21.0. The monoisotopic (exact) mass is 460 g/mol. The molecule has 0 aromatic carbocycles. The van der Waals surface area contributed by atoms with Crippen LogP contribution >= 0.6 is 0 Å². The predicted octanol–water partition coefficient (Wildman–Crippen LogP) is 1.99. The van der Waals surface area contributed by atoms with Crippen molar-refractivity contribution < 1.29 is 49.4 Å². The van der Waals surface area contributed by atoms with Crippen LogP contribution in [0.2, 0.25) is 0 Å². The molecule has 0 spiro atoms. The average molecular weight is 461 g/mol. The van der Waals surface area contributed by atoms with Crippen LogP contribution in [0.1, 0.15) is 122 Å². The predicted molar refractivity (Wildman–Crippen MR) is 124 cm³/mol. The summed E-state index contributed by atoms with van der Waals surface area (Å²) in [6.07, 6.45) is 18.2. The summed E-state index contributed by atoms with van der Waals surface area (Å²) in [5.74, 6) is -1.18. The van der Waals surface area contributed by atoms with Crippen LogP contribution in [0, 0.1) is 5.92 Å². The Labute approximate surface area is 217 Å². The van der Waals surface area contributed by atoms with Crippen molar-refractivity contribution in [3.05, 3.63) is 0 Å². The molecule has 0 aromatic heterocycles. The van der Waals surface area contributed by atoms with Gasteiger partial charge in [-0.3, -0.25) is 4.79 Å². The Hall–Kier alpha value is -0.590. The van der Waals surface area contributed by atoms with Gasteiger partial charge in [0, 0.05) is 12.5 Å². The van der Waals surface area contributed by atoms with E-state index in [-0.39, 0.29) is 47.3 Å². The van der Waals surface area contributed by atoms with E-state index in [0.717, 1.165) is 44.9 Å². The zero-order valence-electron chi connectivity index (χ0n) is 20.7. The van der Waals surface area contributed by atoms with Crippen molar-refractivity contribution in [2.24, 2.45) is 10.9 Å². The van der Waals surface area contributed by atoms with E-state index >= 15 is 0 Å². The van der Waals surface area contributed by atoms with Gasteiger partial charge in [-0.1, -0.05) is 77.6 Å². The summed E-state index contributed by atoms with van der Waals surface area (Å²) < 4.78 is 0. The summed E-state index contributed by atoms with van der Waals surface area (Å²) in [5.41, 5.74) is 0. The topological polar surface area (TPSA) is 102 Å². The summed E-state index contributed by atoms with van der Waals surface area (Å²) in [5, 5.41) is 24.0. The second-order valence-electron chi connectivity index (χ2n) is 9.08. The van der Waals surface area contributed by atoms with Crippen LogP contribution in [0.4, 0.5) is 0 Å². The van der Waals surface area contributed by atoms with Crippen LogP contribution in [0.25, 0.3) is 0 Å². The Kier molecular flexibility index (Phi) is 20.6. The second-order valence-corrected chi connectivity index (χ2v) is 9.08. The smallest absolute Gasteiger partial charge is 0.862 e. The van der Waals surface area contributed by atoms with Gasteiger partial charge in [-0.2, -0.15) is 0 Å². The first-order valence-corrected chi connectivity index (χ1v) is 12.8. The van der Waals surface area contributed by atoms with Gasteiger partial charge in [-0.15, -0.1) is 0 Å². The Morgan fingerprint density at radius 2 is 1.53 bits per heavy atom. The molecule has 32 heavy (non-hydrogen) atoms. The minimum absolute atomic E-state index is 0. The van der Waals surface area contributed by atoms with Crippen LogP contribution in [0.5, 0.6) is 0 Å². The molecule has 1 atom stereocenters. The molecule has 1 rings (SSSR count). The number of aliphatic imine (C=N–C) groups is 1. The van der Waals surface area contributed by atoms with Gasteiger partial charge in [-0.05, 0) is 50.8 Å². The Morgan fingerprint density at radius 1 is 0.938 bits per heavy atom. The largest absolute Gasteiger partial charge is 1.00 e. The number of carbonyl (C=O) groups is 2. The molecule has 1 aliphatic rings. The molecule has 7 heteroatoms. The minimum atomic E-state index is -0.984. The normalized spacial score (nSPS) is 15.7. The van der Waals surface area contributed by atoms with Crippen LogP contribution < -0.4 is 40.0 Å². The van der Waals surface area contributed by atoms with Crippen molar-refractivity contribution in [3.63, 3.8) is 0 Å². The number of hydrogen-bond acceptors (Lipinski definition) is 4. The van der Waals surface area contributed by atoms with Gasteiger partial charge in [0.15, 0.2) is 0 Å². The molecule has 0 heterocycles. The van der Waals surface area contributed by atoms with Crippen molar-refractivity contribution in [1.82, 2.24) is 5.32 Å². The fourth-order valence-corrected chi connectivity index (χ4v) is 4.24. The number of carbonyl (C=O) groups excluding carboxylic acids is 1. The zero-order chi connectivity index (χ0) is 22.7. The van der Waals surface area contributed by atoms with Crippen molar-refractivity contribution >= 4 is 17.8 Å². The standard InChI is InChI=1S/C25H46N2O4.Na/c1-2-3-4-5-6-7-8-9-13-19-23(28)26-20-15-14-18-22(25(30)31)27-24(29)21-16-11-10-12-17-21;/h21-22H,2-20H2,1H3,(H,26,28)(H,27,29)(H,30,31);/q;+1/p-1. The molecule has 1 unspecified atom stereocenters. The summed E-state index contributed by atoms with van der Waals surface area (Å²) in [7, 11) is 0. The Morgan fingerprint density at radius 3 is 2.12 bits per heavy atom. The molecule has 0 aliphatic heterocycles. The molecule has 0 radical (unpaired) electrons. The van der Waals surface area contributed by atoms with Gasteiger partial charge in [-0.25, -0.2) is 4.79 Å². The molecule has 1 aliphatic carbocycles. The van der Waals surface area contributed by atoms with E-state index in [1.807, 2.05) is 0 Å². The molecular formula is C25H45N2NaO4. The number of nitrogens with zero attached hydrogens (tertiary/aromatic N) is 1. The summed E-state index contributed by atoms with van der Waals surface area (Å²) in [6, 6.07) is -0.841. The van der Waals surface area contributed by atoms with E-state index < -0.39 is 12.0 Å². The van der Waals surface area contributed by atoms with E-state index in [1.165, 1.54) is 44.9 Å². The van der Waals surface area contributed by atoms with E-state index in [2.05, 4.69) is 17.2 Å². The SMILES string of the molecule is CCCCCCCCCCCC([O-])=NCCCCC(NC(=O)C1CCCCC1)C(=O)O.[Na+]. The van der Waals surface area contributed by atoms with Gasteiger partial charge in [0.2, 0.25) is 5.91 Å². The van der Waals surface area contributed by atoms with Crippen LogP contribution in [0.15, 0.2) is 4.99 Å². The minimum Gasteiger partial charge on any atom is -0.862 e. The Bertz CT molecular complexity index is 522. The van der Waals surface area contributed by atoms with Gasteiger partial charge in [0.1, 0.15) is 6.04 Å². The fourth-order valence-electron chi connectivity index (χ4n) is 4.24. The number of carboxylic acids is 1. The van der Waals surface area contributed by atoms with E-state index in [0.29, 0.717) is 32.2 Å². The molecule has 180 valence electrons. The van der Waals surface area contributed by atoms with E-state index in [1.54, 1.807) is 0 Å². The zero-order valence-corrected chi connectivity index (χ0v) is 22.7. The third kappa shape index (κ3) is 16.1. The van der Waals surface area contributed by atoms with E-state index in [4.69, 9.17) is 0 Å². The maximum Gasteiger partial charge on any atom is 1.00 e. The first-order valence-electron chi connectivity index (χ1n) is 12.8. The maximum atomic E-state index is 12.3. The number of hydrogen-bond donors (Lipinski definition) is 2. The molecule has 1 saturated carbocycles. The van der Waals surface area contributed by atoms with Gasteiger partial charge < -0.3 is 20.5 Å². The van der Waals surface area contributed by atoms with Gasteiger partial charge >= 0.3 is 35.5 Å². The molecular weight excluding hydrogens is 415 g/mol. The molecule has 1 amide bonds. The Balaban J connectivity index is 0.00000961. The maximum absolute atomic E-state index is 12.3. The molecule has 6 nitrogen and oxygen atoms in total. The summed E-state index contributed by atoms with van der Waals surface area (Å²) in [4.78, 5) is 27.8. The average Bonchev–Trinajstić information content (AvgIpc) is 2.77. The van der Waals surface area contributed by atoms with Crippen molar-refractivity contribution in [1.29, 1.82) is 0 Å². The number of rotatable bonds is 18. The molecule has 0 aromatic rings. The molecule has 1 fully saturated rings. The summed E-state index contributed by atoms with van der Waals surface area (Å²) >= 11 is 0. The molecule has 0 saturated heterocycles. The summed E-state index contributed by atoms with van der Waals surface area (Å²) in [6.45, 7) is 2.67. The third-order valence-electron chi connectivity index (χ3n) is 6.27. The van der Waals surface area contributed by atoms with Crippen LogP contribution in [-0.2, 0) is 9.59 Å². The molecule has 2 N–H and O–H groups in total. The third-order valence-corrected chi connectivity index (χ3v) is 6.27. The van der Waals surface area contributed by atoms with Gasteiger partial charge in [0.25, 0.3) is 0 Å². The number of amides is 1. The van der Waals surface area contributed by atoms with E-state index in [9.17, 15) is 19.8 Å². The first-order chi connectivity index (χ1) is 15.0. The quantitative estimate of drug-likeness (QED) is 0.141. The molecule has 0 bridgehead atoms. The van der Waals surface area contributed by atoms with Crippen molar-refractivity contribution in [3.8, 4) is 0 Å². The number of aliphatic carboxylic acids is 1. The van der Waals surface area contributed by atoms with Crippen LogP contribution in [-0.4, -0.2) is 35.5 Å². The van der Waals surface area contributed by atoms with Gasteiger partial charge in [0.05, 0.1) is 0 Å². The van der Waals surface area contributed by atoms with Crippen molar-refractivity contribution in [2.45, 2.75) is 129 Å². The number of carboxylic acid groups (broad SMARTS) is 1. The first kappa shape index (κ1) is 31.4. The fraction of sp³-hybridized carbons (Fsp3) is 0.880. The van der Waals surface area contributed by atoms with Crippen LogP contribution in [0.3, 0.4) is 0 Å². The number of unbranched alkanes of at least 4 members (excludes halogenated alkanes) is 9. The van der Waals surface area contributed by atoms with Crippen molar-refractivity contribution in [2.75, 3.05) is 6.54 Å². The number of nitrogens with one attached hydrogen (secondary N) is 1.